The van der Waals surface area contributed by atoms with Crippen molar-refractivity contribution < 1.29 is 14.3 Å². The second kappa shape index (κ2) is 5.77. The van der Waals surface area contributed by atoms with Gasteiger partial charge in [-0.3, -0.25) is 4.79 Å². The molecule has 18 heavy (non-hydrogen) atoms. The normalized spacial score (nSPS) is 19.0. The molecule has 0 aliphatic carbocycles. The second-order valence-electron chi connectivity index (χ2n) is 4.31. The highest BCUT2D eigenvalue weighted by atomic mass is 16.5. The highest BCUT2D eigenvalue weighted by Gasteiger charge is 2.27. The third-order valence-corrected chi connectivity index (χ3v) is 2.83. The van der Waals surface area contributed by atoms with E-state index in [1.807, 2.05) is 13.0 Å². The van der Waals surface area contributed by atoms with Crippen LogP contribution in [0.25, 0.3) is 0 Å². The van der Waals surface area contributed by atoms with Gasteiger partial charge >= 0.3 is 0 Å². The number of ether oxygens (including phenoxy) is 2. The van der Waals surface area contributed by atoms with Gasteiger partial charge in [-0.2, -0.15) is 5.10 Å². The van der Waals surface area contributed by atoms with Crippen molar-refractivity contribution >= 4 is 5.91 Å². The van der Waals surface area contributed by atoms with E-state index >= 15 is 0 Å². The molecule has 1 atom stereocenters. The average Bonchev–Trinajstić information content (AvgIpc) is 2.81. The fraction of sp³-hybridized carbons (Fsp3) is 0.583. The minimum absolute atomic E-state index is 0.00131. The summed E-state index contributed by atoms with van der Waals surface area (Å²) in [5.74, 6) is 0.505. The van der Waals surface area contributed by atoms with Gasteiger partial charge in [-0.05, 0) is 13.0 Å². The van der Waals surface area contributed by atoms with Gasteiger partial charge < -0.3 is 14.4 Å². The molecule has 1 saturated heterocycles. The van der Waals surface area contributed by atoms with Crippen molar-refractivity contribution in [1.29, 1.82) is 0 Å². The van der Waals surface area contributed by atoms with Gasteiger partial charge in [0.2, 0.25) is 11.8 Å². The van der Waals surface area contributed by atoms with E-state index in [0.717, 1.165) is 12.1 Å². The fourth-order valence-corrected chi connectivity index (χ4v) is 1.89. The van der Waals surface area contributed by atoms with Crippen LogP contribution in [0.1, 0.15) is 12.1 Å². The van der Waals surface area contributed by atoms with E-state index in [4.69, 9.17) is 9.47 Å². The third-order valence-electron chi connectivity index (χ3n) is 2.83. The smallest absolute Gasteiger partial charge is 0.248 e. The Kier molecular flexibility index (Phi) is 4.09. The standard InChI is InChI=1S/C12H17N3O3/c1-9-3-4-11(14-13-9)18-10-5-6-15(7-10)12(16)8-17-2/h3-4,10H,5-8H2,1-2H3/t10-/m1/s1. The van der Waals surface area contributed by atoms with Crippen LogP contribution in [-0.2, 0) is 9.53 Å². The molecule has 98 valence electrons. The van der Waals surface area contributed by atoms with Crippen LogP contribution in [0.4, 0.5) is 0 Å². The first kappa shape index (κ1) is 12.8. The number of amides is 1. The Balaban J connectivity index is 1.86. The first-order chi connectivity index (χ1) is 8.69. The number of likely N-dealkylation sites (tertiary alicyclic amines) is 1. The van der Waals surface area contributed by atoms with Crippen LogP contribution in [0.3, 0.4) is 0 Å². The number of rotatable bonds is 4. The van der Waals surface area contributed by atoms with Gasteiger partial charge in [0, 0.05) is 26.1 Å². The van der Waals surface area contributed by atoms with Crippen LogP contribution in [0.2, 0.25) is 0 Å². The van der Waals surface area contributed by atoms with E-state index in [1.165, 1.54) is 7.11 Å². The molecule has 1 fully saturated rings. The maximum atomic E-state index is 11.6. The number of nitrogens with zero attached hydrogens (tertiary/aromatic N) is 3. The zero-order chi connectivity index (χ0) is 13.0. The highest BCUT2D eigenvalue weighted by molar-refractivity contribution is 5.77. The van der Waals surface area contributed by atoms with Crippen LogP contribution in [0.5, 0.6) is 5.88 Å². The van der Waals surface area contributed by atoms with Crippen LogP contribution in [0.15, 0.2) is 12.1 Å². The van der Waals surface area contributed by atoms with Gasteiger partial charge in [-0.25, -0.2) is 0 Å². The largest absolute Gasteiger partial charge is 0.471 e. The Morgan fingerprint density at radius 2 is 2.33 bits per heavy atom. The lowest BCUT2D eigenvalue weighted by atomic mass is 10.3. The zero-order valence-corrected chi connectivity index (χ0v) is 10.6. The molecule has 0 N–H and O–H groups in total. The number of methoxy groups -OCH3 is 1. The molecule has 2 rings (SSSR count). The molecule has 1 aromatic rings. The molecule has 0 spiro atoms. The minimum atomic E-state index is -0.0113. The molecule has 6 heteroatoms. The molecule has 0 bridgehead atoms. The van der Waals surface area contributed by atoms with Crippen molar-refractivity contribution in [1.82, 2.24) is 15.1 Å². The van der Waals surface area contributed by atoms with Crippen LogP contribution in [0, 0.1) is 6.92 Å². The monoisotopic (exact) mass is 251 g/mol. The topological polar surface area (TPSA) is 64.5 Å². The molecule has 0 unspecified atom stereocenters. The number of hydrogen-bond acceptors (Lipinski definition) is 5. The summed E-state index contributed by atoms with van der Waals surface area (Å²) < 4.78 is 10.5. The maximum absolute atomic E-state index is 11.6. The highest BCUT2D eigenvalue weighted by Crippen LogP contribution is 2.16. The Morgan fingerprint density at radius 1 is 1.50 bits per heavy atom. The van der Waals surface area contributed by atoms with Crippen molar-refractivity contribution in [3.05, 3.63) is 17.8 Å². The van der Waals surface area contributed by atoms with E-state index in [-0.39, 0.29) is 18.6 Å². The van der Waals surface area contributed by atoms with Gasteiger partial charge in [0.15, 0.2) is 0 Å². The first-order valence-electron chi connectivity index (χ1n) is 5.92. The summed E-state index contributed by atoms with van der Waals surface area (Å²) in [5, 5.41) is 7.88. The van der Waals surface area contributed by atoms with Gasteiger partial charge in [0.05, 0.1) is 12.2 Å². The van der Waals surface area contributed by atoms with Crippen molar-refractivity contribution in [2.24, 2.45) is 0 Å². The van der Waals surface area contributed by atoms with Crippen molar-refractivity contribution in [3.63, 3.8) is 0 Å². The van der Waals surface area contributed by atoms with Gasteiger partial charge in [0.1, 0.15) is 12.7 Å². The fourth-order valence-electron chi connectivity index (χ4n) is 1.89. The lowest BCUT2D eigenvalue weighted by molar-refractivity contribution is -0.134. The van der Waals surface area contributed by atoms with Crippen LogP contribution in [-0.4, -0.2) is 53.9 Å². The van der Waals surface area contributed by atoms with Gasteiger partial charge in [-0.1, -0.05) is 0 Å². The maximum Gasteiger partial charge on any atom is 0.248 e. The molecule has 1 aliphatic heterocycles. The third kappa shape index (κ3) is 3.16. The Hall–Kier alpha value is -1.69. The summed E-state index contributed by atoms with van der Waals surface area (Å²) in [6, 6.07) is 3.65. The van der Waals surface area contributed by atoms with Crippen LogP contribution < -0.4 is 4.74 Å². The Labute approximate surface area is 106 Å². The number of carbonyl (C=O) groups excluding carboxylic acids is 1. The van der Waals surface area contributed by atoms with E-state index in [1.54, 1.807) is 11.0 Å². The predicted octanol–water partition coefficient (Wildman–Crippen LogP) is 0.411. The number of aromatic nitrogens is 2. The van der Waals surface area contributed by atoms with E-state index < -0.39 is 0 Å². The molecule has 2 heterocycles. The summed E-state index contributed by atoms with van der Waals surface area (Å²) in [5.41, 5.74) is 0.852. The Bertz CT molecular complexity index is 408. The zero-order valence-electron chi connectivity index (χ0n) is 10.6. The Morgan fingerprint density at radius 3 is 3.00 bits per heavy atom. The second-order valence-corrected chi connectivity index (χ2v) is 4.31. The lowest BCUT2D eigenvalue weighted by Gasteiger charge is -2.16. The molecule has 1 amide bonds. The number of carbonyl (C=O) groups is 1. The average molecular weight is 251 g/mol. The lowest BCUT2D eigenvalue weighted by Crippen LogP contribution is -2.33. The molecule has 6 nitrogen and oxygen atoms in total. The SMILES string of the molecule is COCC(=O)N1CC[C@@H](Oc2ccc(C)nn2)C1. The summed E-state index contributed by atoms with van der Waals surface area (Å²) in [7, 11) is 1.52. The molecule has 0 saturated carbocycles. The number of aryl methyl sites for hydroxylation is 1. The minimum Gasteiger partial charge on any atom is -0.471 e. The molecular weight excluding hydrogens is 234 g/mol. The van der Waals surface area contributed by atoms with E-state index in [0.29, 0.717) is 19.0 Å². The quantitative estimate of drug-likeness (QED) is 0.775. The van der Waals surface area contributed by atoms with Gasteiger partial charge in [0.25, 0.3) is 0 Å². The summed E-state index contributed by atoms with van der Waals surface area (Å²) in [6.45, 7) is 3.28. The molecule has 0 radical (unpaired) electrons. The molecular formula is C12H17N3O3. The van der Waals surface area contributed by atoms with Crippen molar-refractivity contribution in [2.45, 2.75) is 19.4 Å². The molecule has 1 aromatic heterocycles. The van der Waals surface area contributed by atoms with E-state index in [9.17, 15) is 4.79 Å². The summed E-state index contributed by atoms with van der Waals surface area (Å²) >= 11 is 0. The molecule has 1 aliphatic rings. The predicted molar refractivity (Wildman–Crippen MR) is 64.3 cm³/mol. The van der Waals surface area contributed by atoms with Gasteiger partial charge in [-0.15, -0.1) is 5.10 Å². The van der Waals surface area contributed by atoms with E-state index in [2.05, 4.69) is 10.2 Å². The first-order valence-corrected chi connectivity index (χ1v) is 5.92. The summed E-state index contributed by atoms with van der Waals surface area (Å²) in [4.78, 5) is 13.4. The van der Waals surface area contributed by atoms with Crippen LogP contribution >= 0.6 is 0 Å². The van der Waals surface area contributed by atoms with Crippen molar-refractivity contribution in [3.8, 4) is 5.88 Å². The summed E-state index contributed by atoms with van der Waals surface area (Å²) in [6.07, 6.45) is 0.799. The van der Waals surface area contributed by atoms with Crippen molar-refractivity contribution in [2.75, 3.05) is 26.8 Å². The molecule has 0 aromatic carbocycles. The number of hydrogen-bond donors (Lipinski definition) is 0.